The van der Waals surface area contributed by atoms with Crippen molar-refractivity contribution in [3.8, 4) is 11.4 Å². The maximum atomic E-state index is 10.9. The predicted octanol–water partition coefficient (Wildman–Crippen LogP) is 0.618. The molecule has 1 aromatic carbocycles. The summed E-state index contributed by atoms with van der Waals surface area (Å²) in [7, 11) is 0. The molecule has 0 aliphatic rings. The number of carbonyl (C=O) groups excluding carboxylic acids is 1. The largest absolute Gasteiger partial charge is 0.399 e. The third kappa shape index (κ3) is 2.03. The lowest BCUT2D eigenvalue weighted by molar-refractivity contribution is -0.118. The predicted molar refractivity (Wildman–Crippen MR) is 61.3 cm³/mol. The van der Waals surface area contributed by atoms with Crippen molar-refractivity contribution in [2.24, 2.45) is 5.73 Å². The minimum absolute atomic E-state index is 0.115. The number of rotatable bonds is 3. The van der Waals surface area contributed by atoms with Gasteiger partial charge in [-0.05, 0) is 12.1 Å². The Morgan fingerprint density at radius 1 is 1.44 bits per heavy atom. The highest BCUT2D eigenvalue weighted by molar-refractivity contribution is 5.74. The van der Waals surface area contributed by atoms with E-state index in [1.54, 1.807) is 29.1 Å². The number of imidazole rings is 1. The Hall–Kier alpha value is -2.30. The quantitative estimate of drug-likeness (QED) is 0.737. The molecular formula is C11H12N4O. The number of carbonyl (C=O) groups is 1. The molecule has 0 spiro atoms. The monoisotopic (exact) mass is 216 g/mol. The fraction of sp³-hybridized carbons (Fsp3) is 0.0909. The van der Waals surface area contributed by atoms with Crippen molar-refractivity contribution in [3.05, 3.63) is 36.7 Å². The van der Waals surface area contributed by atoms with Gasteiger partial charge in [-0.1, -0.05) is 12.1 Å². The minimum atomic E-state index is -0.400. The van der Waals surface area contributed by atoms with Gasteiger partial charge in [0.2, 0.25) is 5.91 Å². The van der Waals surface area contributed by atoms with Gasteiger partial charge in [-0.2, -0.15) is 0 Å². The van der Waals surface area contributed by atoms with Gasteiger partial charge in [0.25, 0.3) is 0 Å². The average molecular weight is 216 g/mol. The van der Waals surface area contributed by atoms with Crippen molar-refractivity contribution in [1.29, 1.82) is 0 Å². The molecule has 0 aliphatic heterocycles. The number of benzene rings is 1. The van der Waals surface area contributed by atoms with Crippen molar-refractivity contribution in [2.75, 3.05) is 5.73 Å². The van der Waals surface area contributed by atoms with E-state index in [0.29, 0.717) is 11.5 Å². The van der Waals surface area contributed by atoms with Gasteiger partial charge in [-0.3, -0.25) is 4.79 Å². The number of nitrogen functional groups attached to an aromatic ring is 1. The van der Waals surface area contributed by atoms with Crippen LogP contribution in [-0.2, 0) is 11.3 Å². The molecular weight excluding hydrogens is 204 g/mol. The summed E-state index contributed by atoms with van der Waals surface area (Å²) in [5, 5.41) is 0. The van der Waals surface area contributed by atoms with Crippen LogP contribution in [0.1, 0.15) is 0 Å². The SMILES string of the molecule is NC(=O)Cn1ccnc1-c1cccc(N)c1. The van der Waals surface area contributed by atoms with Crippen molar-refractivity contribution in [1.82, 2.24) is 9.55 Å². The molecule has 16 heavy (non-hydrogen) atoms. The molecule has 1 heterocycles. The van der Waals surface area contributed by atoms with Crippen LogP contribution in [0.3, 0.4) is 0 Å². The summed E-state index contributed by atoms with van der Waals surface area (Å²) in [6, 6.07) is 7.33. The molecule has 0 radical (unpaired) electrons. The molecule has 0 fully saturated rings. The van der Waals surface area contributed by atoms with Gasteiger partial charge in [-0.25, -0.2) is 4.98 Å². The number of nitrogens with two attached hydrogens (primary N) is 2. The van der Waals surface area contributed by atoms with Gasteiger partial charge in [0.05, 0.1) is 0 Å². The maximum Gasteiger partial charge on any atom is 0.237 e. The molecule has 5 nitrogen and oxygen atoms in total. The molecule has 5 heteroatoms. The fourth-order valence-electron chi connectivity index (χ4n) is 1.54. The number of hydrogen-bond acceptors (Lipinski definition) is 3. The van der Waals surface area contributed by atoms with Crippen LogP contribution in [0, 0.1) is 0 Å². The first-order valence-corrected chi connectivity index (χ1v) is 4.82. The molecule has 0 saturated carbocycles. The lowest BCUT2D eigenvalue weighted by atomic mass is 10.2. The molecule has 1 amide bonds. The topological polar surface area (TPSA) is 86.9 Å². The lowest BCUT2D eigenvalue weighted by Crippen LogP contribution is -2.18. The van der Waals surface area contributed by atoms with Gasteiger partial charge >= 0.3 is 0 Å². The van der Waals surface area contributed by atoms with Crippen molar-refractivity contribution in [2.45, 2.75) is 6.54 Å². The van der Waals surface area contributed by atoms with E-state index in [2.05, 4.69) is 4.98 Å². The van der Waals surface area contributed by atoms with Crippen LogP contribution < -0.4 is 11.5 Å². The normalized spacial score (nSPS) is 10.2. The summed E-state index contributed by atoms with van der Waals surface area (Å²) in [4.78, 5) is 15.0. The molecule has 1 aromatic heterocycles. The molecule has 82 valence electrons. The molecule has 0 unspecified atom stereocenters. The molecule has 0 saturated heterocycles. The molecule has 0 aliphatic carbocycles. The average Bonchev–Trinajstić information content (AvgIpc) is 2.65. The summed E-state index contributed by atoms with van der Waals surface area (Å²) in [5.41, 5.74) is 12.4. The van der Waals surface area contributed by atoms with Crippen LogP contribution in [0.2, 0.25) is 0 Å². The van der Waals surface area contributed by atoms with Crippen LogP contribution in [-0.4, -0.2) is 15.5 Å². The fourth-order valence-corrected chi connectivity index (χ4v) is 1.54. The zero-order valence-electron chi connectivity index (χ0n) is 8.63. The molecule has 2 rings (SSSR count). The minimum Gasteiger partial charge on any atom is -0.399 e. The van der Waals surface area contributed by atoms with Crippen LogP contribution in [0.4, 0.5) is 5.69 Å². The smallest absolute Gasteiger partial charge is 0.237 e. The zero-order valence-corrected chi connectivity index (χ0v) is 8.63. The van der Waals surface area contributed by atoms with E-state index in [0.717, 1.165) is 5.56 Å². The van der Waals surface area contributed by atoms with E-state index >= 15 is 0 Å². The van der Waals surface area contributed by atoms with Gasteiger partial charge in [-0.15, -0.1) is 0 Å². The Morgan fingerprint density at radius 2 is 2.25 bits per heavy atom. The zero-order chi connectivity index (χ0) is 11.5. The number of primary amides is 1. The molecule has 0 atom stereocenters. The second-order valence-electron chi connectivity index (χ2n) is 3.47. The van der Waals surface area contributed by atoms with Crippen LogP contribution in [0.15, 0.2) is 36.7 Å². The van der Waals surface area contributed by atoms with E-state index < -0.39 is 5.91 Å². The van der Waals surface area contributed by atoms with E-state index in [-0.39, 0.29) is 6.54 Å². The Morgan fingerprint density at radius 3 is 2.94 bits per heavy atom. The molecule has 4 N–H and O–H groups in total. The summed E-state index contributed by atoms with van der Waals surface area (Å²) in [5.74, 6) is 0.286. The third-order valence-corrected chi connectivity index (χ3v) is 2.19. The lowest BCUT2D eigenvalue weighted by Gasteiger charge is -2.05. The van der Waals surface area contributed by atoms with Crippen molar-refractivity contribution < 1.29 is 4.79 Å². The van der Waals surface area contributed by atoms with E-state index in [9.17, 15) is 4.79 Å². The first-order chi connectivity index (χ1) is 7.66. The van der Waals surface area contributed by atoms with Gasteiger partial charge < -0.3 is 16.0 Å². The standard InChI is InChI=1S/C11H12N4O/c12-9-3-1-2-8(6-9)11-14-4-5-15(11)7-10(13)16/h1-6H,7,12H2,(H2,13,16). The summed E-state index contributed by atoms with van der Waals surface area (Å²) < 4.78 is 1.69. The number of hydrogen-bond donors (Lipinski definition) is 2. The third-order valence-electron chi connectivity index (χ3n) is 2.19. The number of anilines is 1. The van der Waals surface area contributed by atoms with Crippen molar-refractivity contribution in [3.63, 3.8) is 0 Å². The first-order valence-electron chi connectivity index (χ1n) is 4.82. The van der Waals surface area contributed by atoms with Gasteiger partial charge in [0, 0.05) is 23.6 Å². The Bertz CT molecular complexity index is 518. The van der Waals surface area contributed by atoms with E-state index in [1.807, 2.05) is 12.1 Å². The number of nitrogens with zero attached hydrogens (tertiary/aromatic N) is 2. The van der Waals surface area contributed by atoms with Crippen LogP contribution >= 0.6 is 0 Å². The summed E-state index contributed by atoms with van der Waals surface area (Å²) in [6.45, 7) is 0.115. The highest BCUT2D eigenvalue weighted by atomic mass is 16.1. The summed E-state index contributed by atoms with van der Waals surface area (Å²) in [6.07, 6.45) is 3.34. The number of amides is 1. The Balaban J connectivity index is 2.40. The Kier molecular flexibility index (Phi) is 2.59. The van der Waals surface area contributed by atoms with Crippen LogP contribution in [0.5, 0.6) is 0 Å². The number of aromatic nitrogens is 2. The van der Waals surface area contributed by atoms with Gasteiger partial charge in [0.15, 0.2) is 0 Å². The first kappa shape index (κ1) is 10.2. The highest BCUT2D eigenvalue weighted by Gasteiger charge is 2.07. The highest BCUT2D eigenvalue weighted by Crippen LogP contribution is 2.19. The van der Waals surface area contributed by atoms with Crippen LogP contribution in [0.25, 0.3) is 11.4 Å². The molecule has 2 aromatic rings. The molecule has 0 bridgehead atoms. The maximum absolute atomic E-state index is 10.9. The second kappa shape index (κ2) is 4.06. The second-order valence-corrected chi connectivity index (χ2v) is 3.47. The van der Waals surface area contributed by atoms with Crippen molar-refractivity contribution >= 4 is 11.6 Å². The summed E-state index contributed by atoms with van der Waals surface area (Å²) >= 11 is 0. The van der Waals surface area contributed by atoms with E-state index in [1.165, 1.54) is 0 Å². The van der Waals surface area contributed by atoms with Gasteiger partial charge in [0.1, 0.15) is 12.4 Å². The Labute approximate surface area is 92.7 Å². The van der Waals surface area contributed by atoms with E-state index in [4.69, 9.17) is 11.5 Å².